The van der Waals surface area contributed by atoms with Gasteiger partial charge >= 0.3 is 18.4 Å². The number of piperazine rings is 1. The highest BCUT2D eigenvalue weighted by molar-refractivity contribution is 6.17. The topological polar surface area (TPSA) is 242 Å². The number of ketones is 1. The number of nitrogens with two attached hydrogens (primary N) is 1. The number of methoxy groups -OCH3 is 4. The number of Topliss-reactive ketones (excluding diaryl/α,β-unsaturated/α-hetero) is 1. The van der Waals surface area contributed by atoms with E-state index in [2.05, 4.69) is 20.6 Å². The van der Waals surface area contributed by atoms with Crippen LogP contribution in [0.3, 0.4) is 0 Å². The van der Waals surface area contributed by atoms with Crippen LogP contribution in [0.1, 0.15) is 89.2 Å². The number of nitrogens with zero attached hydrogens (tertiary/aromatic N) is 4. The predicted octanol–water partition coefficient (Wildman–Crippen LogP) is 7.52. The van der Waals surface area contributed by atoms with Crippen molar-refractivity contribution in [2.75, 3.05) is 73.0 Å². The van der Waals surface area contributed by atoms with Gasteiger partial charge in [0.05, 0.1) is 50.9 Å². The number of carbonyl (C=O) groups excluding carboxylic acids is 4. The second-order valence-corrected chi connectivity index (χ2v) is 18.4. The van der Waals surface area contributed by atoms with Crippen LogP contribution in [-0.2, 0) is 17.3 Å². The Kier molecular flexibility index (Phi) is 15.9. The van der Waals surface area contributed by atoms with Crippen molar-refractivity contribution in [1.29, 1.82) is 5.41 Å². The van der Waals surface area contributed by atoms with E-state index in [-0.39, 0.29) is 76.9 Å². The van der Waals surface area contributed by atoms with Gasteiger partial charge in [-0.1, -0.05) is 19.9 Å². The standard InChI is InChI=1S/C50H59F3N8O11/c1-49(2)25-36-42(37(62)26-49)45(50(51,52)53)58-61(36)31-10-13-33(46(55)64)35(24-31)57-30-8-11-32(12-9-30)71-47(65)56-15-16-59-17-19-60(20-18-59)48(66)72-39-21-28(7-14-38(39)67-3)34(27-54)43(63)29-22-40(68-4)44(70-6)41(23-29)69-5/h7,10,13-14,21-24,27,30,32,54,57,63H,8-9,11-12,15-20,25-26H2,1-6H3,(H2,55,64)(H,56,65)/b43-34+,54-27?/t30-,32-. The molecule has 3 amide bonds. The Labute approximate surface area is 413 Å². The fourth-order valence-corrected chi connectivity index (χ4v) is 9.31. The van der Waals surface area contributed by atoms with E-state index in [1.54, 1.807) is 29.2 Å². The Morgan fingerprint density at radius 1 is 0.875 bits per heavy atom. The summed E-state index contributed by atoms with van der Waals surface area (Å²) in [5.74, 6) is -0.353. The molecule has 2 heterocycles. The number of amides is 3. The molecule has 19 nitrogen and oxygen atoms in total. The van der Waals surface area contributed by atoms with Crippen LogP contribution in [0, 0.1) is 10.8 Å². The van der Waals surface area contributed by atoms with E-state index in [9.17, 15) is 37.5 Å². The summed E-state index contributed by atoms with van der Waals surface area (Å²) in [6, 6.07) is 12.0. The second kappa shape index (κ2) is 21.9. The molecule has 2 aliphatic carbocycles. The molecule has 7 rings (SSSR count). The van der Waals surface area contributed by atoms with E-state index in [1.807, 2.05) is 13.8 Å². The number of alkyl carbamates (subject to hydrolysis) is 1. The van der Waals surface area contributed by atoms with Crippen LogP contribution < -0.4 is 40.1 Å². The number of aliphatic hydroxyl groups is 1. The van der Waals surface area contributed by atoms with E-state index < -0.39 is 46.7 Å². The molecule has 1 aliphatic heterocycles. The number of rotatable bonds is 16. The Balaban J connectivity index is 0.881. The van der Waals surface area contributed by atoms with Crippen molar-refractivity contribution in [2.24, 2.45) is 11.1 Å². The molecule has 6 N–H and O–H groups in total. The lowest BCUT2D eigenvalue weighted by atomic mass is 9.75. The first-order valence-electron chi connectivity index (χ1n) is 23.3. The summed E-state index contributed by atoms with van der Waals surface area (Å²) in [6.07, 6.45) is -3.21. The molecule has 0 bridgehead atoms. The highest BCUT2D eigenvalue weighted by Gasteiger charge is 2.45. The van der Waals surface area contributed by atoms with Crippen molar-refractivity contribution >= 4 is 47.1 Å². The van der Waals surface area contributed by atoms with E-state index >= 15 is 0 Å². The summed E-state index contributed by atoms with van der Waals surface area (Å²) < 4.78 is 76.7. The summed E-state index contributed by atoms with van der Waals surface area (Å²) in [4.78, 5) is 55.3. The van der Waals surface area contributed by atoms with Gasteiger partial charge in [0.1, 0.15) is 11.9 Å². The molecule has 1 saturated carbocycles. The van der Waals surface area contributed by atoms with Gasteiger partial charge in [0.15, 0.2) is 34.5 Å². The summed E-state index contributed by atoms with van der Waals surface area (Å²) in [6.45, 7) is 6.08. The maximum absolute atomic E-state index is 14.1. The van der Waals surface area contributed by atoms with Gasteiger partial charge in [0.25, 0.3) is 5.91 Å². The van der Waals surface area contributed by atoms with Crippen molar-refractivity contribution in [2.45, 2.75) is 70.7 Å². The predicted molar refractivity (Wildman–Crippen MR) is 259 cm³/mol. The fourth-order valence-electron chi connectivity index (χ4n) is 9.31. The van der Waals surface area contributed by atoms with E-state index in [1.165, 1.54) is 52.7 Å². The van der Waals surface area contributed by atoms with Gasteiger partial charge < -0.3 is 60.2 Å². The molecule has 1 saturated heterocycles. The third-order valence-electron chi connectivity index (χ3n) is 13.0. The summed E-state index contributed by atoms with van der Waals surface area (Å²) in [5.41, 5.74) is 5.05. The molecule has 22 heteroatoms. The minimum Gasteiger partial charge on any atom is -0.507 e. The van der Waals surface area contributed by atoms with Crippen LogP contribution >= 0.6 is 0 Å². The molecule has 0 radical (unpaired) electrons. The molecule has 0 unspecified atom stereocenters. The van der Waals surface area contributed by atoms with E-state index in [4.69, 9.17) is 39.6 Å². The minimum atomic E-state index is -4.85. The first-order valence-corrected chi connectivity index (χ1v) is 23.3. The fraction of sp³-hybridized carbons (Fsp3) is 0.440. The molecule has 2 fully saturated rings. The summed E-state index contributed by atoms with van der Waals surface area (Å²) >= 11 is 0. The van der Waals surface area contributed by atoms with Gasteiger partial charge in [-0.15, -0.1) is 0 Å². The van der Waals surface area contributed by atoms with E-state index in [0.29, 0.717) is 86.9 Å². The maximum atomic E-state index is 14.1. The number of aromatic nitrogens is 2. The quantitative estimate of drug-likeness (QED) is 0.0414. The van der Waals surface area contributed by atoms with Crippen molar-refractivity contribution in [3.05, 3.63) is 82.2 Å². The number of halogens is 3. The molecule has 0 atom stereocenters. The smallest absolute Gasteiger partial charge is 0.435 e. The molecule has 0 spiro atoms. The number of nitrogens with one attached hydrogen (secondary N) is 3. The molecular formula is C50H59F3N8O11. The van der Waals surface area contributed by atoms with Crippen LogP contribution in [0.4, 0.5) is 28.4 Å². The molecule has 4 aromatic rings. The molecular weight excluding hydrogens is 946 g/mol. The lowest BCUT2D eigenvalue weighted by Crippen LogP contribution is -2.51. The normalized spacial score (nSPS) is 18.2. The van der Waals surface area contributed by atoms with Crippen LogP contribution in [-0.4, -0.2) is 135 Å². The SMILES string of the molecule is COc1ccc(/C(C=N)=C(/O)c2cc(OC)c(OC)c(OC)c2)cc1OC(=O)N1CCN(CCNC(=O)O[C@H]2CC[C@H](Nc3cc(-n4nc(C(F)(F)F)c5c4CC(C)(C)CC5=O)ccc3C(N)=O)CC2)CC1. The number of ether oxygens (including phenoxy) is 6. The number of aliphatic hydroxyl groups excluding tert-OH is 1. The summed E-state index contributed by atoms with van der Waals surface area (Å²) in [7, 11) is 5.78. The zero-order valence-electron chi connectivity index (χ0n) is 40.9. The summed E-state index contributed by atoms with van der Waals surface area (Å²) in [5, 5.41) is 29.5. The van der Waals surface area contributed by atoms with Crippen LogP contribution in [0.5, 0.6) is 28.7 Å². The molecule has 72 heavy (non-hydrogen) atoms. The highest BCUT2D eigenvalue weighted by atomic mass is 19.4. The van der Waals surface area contributed by atoms with Crippen molar-refractivity contribution in [3.8, 4) is 34.4 Å². The maximum Gasteiger partial charge on any atom is 0.435 e. The zero-order chi connectivity index (χ0) is 52.1. The van der Waals surface area contributed by atoms with Gasteiger partial charge in [-0.3, -0.25) is 14.5 Å². The first-order chi connectivity index (χ1) is 34.3. The zero-order valence-corrected chi connectivity index (χ0v) is 40.9. The third-order valence-corrected chi connectivity index (χ3v) is 13.0. The molecule has 386 valence electrons. The van der Waals surface area contributed by atoms with Gasteiger partial charge in [-0.2, -0.15) is 18.3 Å². The van der Waals surface area contributed by atoms with Gasteiger partial charge in [0, 0.05) is 74.8 Å². The van der Waals surface area contributed by atoms with Gasteiger partial charge in [-0.05, 0) is 85.5 Å². The van der Waals surface area contributed by atoms with Crippen molar-refractivity contribution in [1.82, 2.24) is 24.9 Å². The Morgan fingerprint density at radius 2 is 1.53 bits per heavy atom. The Hall–Kier alpha value is -7.49. The van der Waals surface area contributed by atoms with Crippen LogP contribution in [0.25, 0.3) is 17.0 Å². The molecule has 1 aromatic heterocycles. The number of carbonyl (C=O) groups is 4. The third kappa shape index (κ3) is 11.6. The number of alkyl halides is 3. The van der Waals surface area contributed by atoms with Crippen LogP contribution in [0.2, 0.25) is 0 Å². The van der Waals surface area contributed by atoms with Crippen molar-refractivity contribution in [3.63, 3.8) is 0 Å². The number of hydrogen-bond donors (Lipinski definition) is 5. The van der Waals surface area contributed by atoms with Crippen LogP contribution in [0.15, 0.2) is 48.5 Å². The largest absolute Gasteiger partial charge is 0.507 e. The lowest BCUT2D eigenvalue weighted by Gasteiger charge is -2.34. The molecule has 3 aromatic carbocycles. The molecule has 3 aliphatic rings. The number of primary amides is 1. The van der Waals surface area contributed by atoms with E-state index in [0.717, 1.165) is 10.9 Å². The first kappa shape index (κ1) is 52.3. The minimum absolute atomic E-state index is 0.0439. The number of benzene rings is 3. The monoisotopic (exact) mass is 1000 g/mol. The average Bonchev–Trinajstić information content (AvgIpc) is 3.74. The van der Waals surface area contributed by atoms with Crippen molar-refractivity contribution < 1.29 is 65.9 Å². The Morgan fingerprint density at radius 3 is 2.12 bits per heavy atom. The van der Waals surface area contributed by atoms with Gasteiger partial charge in [-0.25, -0.2) is 14.3 Å². The highest BCUT2D eigenvalue weighted by Crippen LogP contribution is 2.43. The number of hydrogen-bond acceptors (Lipinski definition) is 15. The lowest BCUT2D eigenvalue weighted by molar-refractivity contribution is -0.141. The number of anilines is 1. The second-order valence-electron chi connectivity index (χ2n) is 18.4. The average molecular weight is 1010 g/mol. The Bertz CT molecular complexity index is 2720. The number of allylic oxidation sites excluding steroid dienone is 1. The number of fused-ring (bicyclic) bond motifs is 1. The van der Waals surface area contributed by atoms with Gasteiger partial charge in [0.2, 0.25) is 5.75 Å².